The number of carbonyl (C=O) groups excluding carboxylic acids is 2. The summed E-state index contributed by atoms with van der Waals surface area (Å²) < 4.78 is 16.3. The van der Waals surface area contributed by atoms with Crippen LogP contribution in [0.15, 0.2) is 24.3 Å². The van der Waals surface area contributed by atoms with Crippen LogP contribution in [-0.4, -0.2) is 48.2 Å². The van der Waals surface area contributed by atoms with Gasteiger partial charge >= 0.3 is 5.97 Å². The summed E-state index contributed by atoms with van der Waals surface area (Å²) in [4.78, 5) is 26.4. The molecule has 2 aliphatic heterocycles. The summed E-state index contributed by atoms with van der Waals surface area (Å²) >= 11 is 0. The van der Waals surface area contributed by atoms with Crippen molar-refractivity contribution in [2.75, 3.05) is 13.2 Å². The number of piperidine rings is 1. The molecule has 0 saturated carbocycles. The van der Waals surface area contributed by atoms with Crippen LogP contribution in [0, 0.1) is 0 Å². The third-order valence-corrected chi connectivity index (χ3v) is 4.59. The number of nitrogens with zero attached hydrogens (tertiary/aromatic N) is 1. The molecule has 1 aromatic rings. The lowest BCUT2D eigenvalue weighted by Crippen LogP contribution is -2.49. The normalized spacial score (nSPS) is 25.9. The molecule has 1 fully saturated rings. The highest BCUT2D eigenvalue weighted by Gasteiger charge is 2.32. The molecular formula is C18H23NO5. The summed E-state index contributed by atoms with van der Waals surface area (Å²) in [6, 6.07) is 7.51. The van der Waals surface area contributed by atoms with Gasteiger partial charge in [0.2, 0.25) is 6.10 Å². The summed E-state index contributed by atoms with van der Waals surface area (Å²) in [6.07, 6.45) is 2.25. The Morgan fingerprint density at radius 2 is 1.83 bits per heavy atom. The Labute approximate surface area is 141 Å². The Morgan fingerprint density at radius 3 is 2.54 bits per heavy atom. The maximum atomic E-state index is 12.4. The summed E-state index contributed by atoms with van der Waals surface area (Å²) in [5, 5.41) is 0. The second-order valence-corrected chi connectivity index (χ2v) is 6.40. The molecule has 2 heterocycles. The van der Waals surface area contributed by atoms with E-state index in [-0.39, 0.29) is 31.2 Å². The molecule has 24 heavy (non-hydrogen) atoms. The highest BCUT2D eigenvalue weighted by molar-refractivity contribution is 5.83. The van der Waals surface area contributed by atoms with Crippen molar-refractivity contribution in [3.8, 4) is 11.5 Å². The summed E-state index contributed by atoms with van der Waals surface area (Å²) in [7, 11) is 0. The maximum absolute atomic E-state index is 12.4. The van der Waals surface area contributed by atoms with Crippen LogP contribution in [0.4, 0.5) is 0 Å². The molecule has 0 unspecified atom stereocenters. The first kappa shape index (κ1) is 16.6. The monoisotopic (exact) mass is 333 g/mol. The van der Waals surface area contributed by atoms with E-state index in [4.69, 9.17) is 14.2 Å². The van der Waals surface area contributed by atoms with Gasteiger partial charge < -0.3 is 19.1 Å². The zero-order valence-corrected chi connectivity index (χ0v) is 14.1. The number of para-hydroxylation sites is 2. The highest BCUT2D eigenvalue weighted by Crippen LogP contribution is 2.31. The predicted octanol–water partition coefficient (Wildman–Crippen LogP) is 2.16. The van der Waals surface area contributed by atoms with Gasteiger partial charge in [0, 0.05) is 12.1 Å². The van der Waals surface area contributed by atoms with Gasteiger partial charge in [0.1, 0.15) is 6.61 Å². The smallest absolute Gasteiger partial charge is 0.351 e. The van der Waals surface area contributed by atoms with Crippen molar-refractivity contribution >= 4 is 11.9 Å². The van der Waals surface area contributed by atoms with E-state index >= 15 is 0 Å². The number of ether oxygens (including phenoxy) is 3. The van der Waals surface area contributed by atoms with Gasteiger partial charge in [-0.25, -0.2) is 4.79 Å². The molecule has 130 valence electrons. The van der Waals surface area contributed by atoms with E-state index in [0.29, 0.717) is 11.5 Å². The van der Waals surface area contributed by atoms with Gasteiger partial charge in [-0.15, -0.1) is 0 Å². The molecule has 0 aliphatic carbocycles. The van der Waals surface area contributed by atoms with Crippen LogP contribution in [0.1, 0.15) is 33.1 Å². The third kappa shape index (κ3) is 3.47. The number of hydrogen-bond acceptors (Lipinski definition) is 5. The van der Waals surface area contributed by atoms with Crippen LogP contribution in [0.3, 0.4) is 0 Å². The maximum Gasteiger partial charge on any atom is 0.351 e. The molecule has 0 aromatic heterocycles. The minimum absolute atomic E-state index is 0.0839. The number of benzene rings is 1. The average Bonchev–Trinajstić information content (AvgIpc) is 2.59. The van der Waals surface area contributed by atoms with Crippen LogP contribution >= 0.6 is 0 Å². The standard InChI is InChI=1S/C18H23NO5/c1-12-6-5-7-13(2)19(12)17(20)11-23-18(21)16-10-22-14-8-3-4-9-15(14)24-16/h3-4,8-9,12-13,16H,5-7,10-11H2,1-2H3/t12-,13+,16-/m0/s1. The lowest BCUT2D eigenvalue weighted by molar-refractivity contribution is -0.162. The van der Waals surface area contributed by atoms with E-state index < -0.39 is 12.1 Å². The van der Waals surface area contributed by atoms with Crippen LogP contribution in [-0.2, 0) is 14.3 Å². The average molecular weight is 333 g/mol. The molecule has 0 spiro atoms. The van der Waals surface area contributed by atoms with Crippen molar-refractivity contribution in [2.24, 2.45) is 0 Å². The summed E-state index contributed by atoms with van der Waals surface area (Å²) in [5.41, 5.74) is 0. The molecular weight excluding hydrogens is 310 g/mol. The molecule has 3 rings (SSSR count). The van der Waals surface area contributed by atoms with Gasteiger partial charge in [0.15, 0.2) is 18.1 Å². The first-order chi connectivity index (χ1) is 11.6. The van der Waals surface area contributed by atoms with Gasteiger partial charge in [-0.2, -0.15) is 0 Å². The van der Waals surface area contributed by atoms with E-state index in [1.54, 1.807) is 18.2 Å². The van der Waals surface area contributed by atoms with Gasteiger partial charge in [-0.1, -0.05) is 12.1 Å². The van der Waals surface area contributed by atoms with E-state index in [1.807, 2.05) is 24.8 Å². The molecule has 2 aliphatic rings. The number of hydrogen-bond donors (Lipinski definition) is 0. The SMILES string of the molecule is C[C@@H]1CCC[C@H](C)N1C(=O)COC(=O)[C@@H]1COc2ccccc2O1. The van der Waals surface area contributed by atoms with Crippen LogP contribution in [0.25, 0.3) is 0 Å². The van der Waals surface area contributed by atoms with Crippen LogP contribution in [0.2, 0.25) is 0 Å². The highest BCUT2D eigenvalue weighted by atomic mass is 16.6. The second kappa shape index (κ2) is 7.11. The zero-order chi connectivity index (χ0) is 17.1. The minimum atomic E-state index is -0.844. The van der Waals surface area contributed by atoms with Gasteiger partial charge in [-0.05, 0) is 45.2 Å². The molecule has 0 N–H and O–H groups in total. The van der Waals surface area contributed by atoms with Gasteiger partial charge in [-0.3, -0.25) is 4.79 Å². The zero-order valence-electron chi connectivity index (χ0n) is 14.1. The Kier molecular flexibility index (Phi) is 4.92. The molecule has 6 heteroatoms. The van der Waals surface area contributed by atoms with E-state index in [1.165, 1.54) is 0 Å². The first-order valence-corrected chi connectivity index (χ1v) is 8.42. The topological polar surface area (TPSA) is 65.1 Å². The van der Waals surface area contributed by atoms with E-state index in [0.717, 1.165) is 19.3 Å². The van der Waals surface area contributed by atoms with Gasteiger partial charge in [0.05, 0.1) is 0 Å². The van der Waals surface area contributed by atoms with Crippen molar-refractivity contribution in [2.45, 2.75) is 51.3 Å². The number of carbonyl (C=O) groups is 2. The Balaban J connectivity index is 1.53. The van der Waals surface area contributed by atoms with Crippen molar-refractivity contribution < 1.29 is 23.8 Å². The summed E-state index contributed by atoms with van der Waals surface area (Å²) in [6.45, 7) is 3.89. The molecule has 0 radical (unpaired) electrons. The van der Waals surface area contributed by atoms with Crippen molar-refractivity contribution in [3.05, 3.63) is 24.3 Å². The number of fused-ring (bicyclic) bond motifs is 1. The summed E-state index contributed by atoms with van der Waals surface area (Å²) in [5.74, 6) is 0.388. The molecule has 1 aromatic carbocycles. The largest absolute Gasteiger partial charge is 0.485 e. The first-order valence-electron chi connectivity index (χ1n) is 8.42. The van der Waals surface area contributed by atoms with Crippen molar-refractivity contribution in [1.29, 1.82) is 0 Å². The molecule has 3 atom stereocenters. The van der Waals surface area contributed by atoms with Crippen LogP contribution in [0.5, 0.6) is 11.5 Å². The Hall–Kier alpha value is -2.24. The number of likely N-dealkylation sites (tertiary alicyclic amines) is 1. The minimum Gasteiger partial charge on any atom is -0.485 e. The van der Waals surface area contributed by atoms with E-state index in [9.17, 15) is 9.59 Å². The number of rotatable bonds is 3. The Bertz CT molecular complexity index is 607. The molecule has 0 bridgehead atoms. The second-order valence-electron chi connectivity index (χ2n) is 6.40. The van der Waals surface area contributed by atoms with E-state index in [2.05, 4.69) is 0 Å². The Morgan fingerprint density at radius 1 is 1.17 bits per heavy atom. The third-order valence-electron chi connectivity index (χ3n) is 4.59. The fourth-order valence-corrected chi connectivity index (χ4v) is 3.35. The number of esters is 1. The molecule has 6 nitrogen and oxygen atoms in total. The van der Waals surface area contributed by atoms with Crippen LogP contribution < -0.4 is 9.47 Å². The lowest BCUT2D eigenvalue weighted by atomic mass is 9.97. The lowest BCUT2D eigenvalue weighted by Gasteiger charge is -2.39. The number of amides is 1. The molecule has 1 saturated heterocycles. The predicted molar refractivity (Wildman–Crippen MR) is 86.9 cm³/mol. The van der Waals surface area contributed by atoms with Crippen molar-refractivity contribution in [1.82, 2.24) is 4.90 Å². The fourth-order valence-electron chi connectivity index (χ4n) is 3.35. The van der Waals surface area contributed by atoms with Gasteiger partial charge in [0.25, 0.3) is 5.91 Å². The quantitative estimate of drug-likeness (QED) is 0.793. The van der Waals surface area contributed by atoms with Crippen molar-refractivity contribution in [3.63, 3.8) is 0 Å². The fraction of sp³-hybridized carbons (Fsp3) is 0.556. The molecule has 1 amide bonds.